The quantitative estimate of drug-likeness (QED) is 0.625. The zero-order chi connectivity index (χ0) is 14.5. The van der Waals surface area contributed by atoms with Gasteiger partial charge in [0.2, 0.25) is 10.0 Å². The molecular formula is C13H28N2O3S. The summed E-state index contributed by atoms with van der Waals surface area (Å²) in [7, 11) is -3.06. The van der Waals surface area contributed by atoms with Crippen molar-refractivity contribution in [2.24, 2.45) is 5.41 Å². The fourth-order valence-electron chi connectivity index (χ4n) is 2.69. The molecule has 0 aromatic carbocycles. The molecule has 19 heavy (non-hydrogen) atoms. The van der Waals surface area contributed by atoms with Crippen molar-refractivity contribution in [2.45, 2.75) is 52.2 Å². The molecule has 0 aromatic rings. The number of ether oxygens (including phenoxy) is 1. The molecule has 3 atom stereocenters. The molecule has 0 bridgehead atoms. The first-order valence-corrected chi connectivity index (χ1v) is 9.02. The van der Waals surface area contributed by atoms with Gasteiger partial charge in [0.05, 0.1) is 12.4 Å². The second-order valence-corrected chi connectivity index (χ2v) is 7.40. The summed E-state index contributed by atoms with van der Waals surface area (Å²) < 4.78 is 30.1. The van der Waals surface area contributed by atoms with Gasteiger partial charge in [-0.2, -0.15) is 0 Å². The molecule has 114 valence electrons. The maximum absolute atomic E-state index is 10.9. The summed E-state index contributed by atoms with van der Waals surface area (Å²) in [6.45, 7) is 8.60. The molecule has 0 spiro atoms. The molecule has 2 N–H and O–H groups in total. The fourth-order valence-corrected chi connectivity index (χ4v) is 3.20. The number of nitrogens with one attached hydrogen (secondary N) is 2. The van der Waals surface area contributed by atoms with Crippen molar-refractivity contribution in [2.75, 3.05) is 26.0 Å². The minimum Gasteiger partial charge on any atom is -0.378 e. The molecule has 0 heterocycles. The highest BCUT2D eigenvalue weighted by atomic mass is 32.2. The van der Waals surface area contributed by atoms with Crippen LogP contribution in [0, 0.1) is 5.41 Å². The van der Waals surface area contributed by atoms with Gasteiger partial charge in [0, 0.05) is 24.6 Å². The van der Waals surface area contributed by atoms with Crippen LogP contribution >= 0.6 is 0 Å². The third kappa shape index (κ3) is 4.70. The third-order valence-corrected chi connectivity index (χ3v) is 4.95. The van der Waals surface area contributed by atoms with Crippen molar-refractivity contribution in [1.82, 2.24) is 10.0 Å². The lowest BCUT2D eigenvalue weighted by atomic mass is 9.61. The molecule has 1 saturated carbocycles. The summed E-state index contributed by atoms with van der Waals surface area (Å²) in [5, 5.41) is 3.52. The summed E-state index contributed by atoms with van der Waals surface area (Å²) in [5.74, 6) is 0. The van der Waals surface area contributed by atoms with E-state index in [0.29, 0.717) is 18.7 Å². The van der Waals surface area contributed by atoms with Gasteiger partial charge in [0.1, 0.15) is 0 Å². The average molecular weight is 292 g/mol. The summed E-state index contributed by atoms with van der Waals surface area (Å²) in [4.78, 5) is 0. The Kier molecular flexibility index (Phi) is 6.23. The van der Waals surface area contributed by atoms with Crippen LogP contribution in [-0.4, -0.2) is 46.5 Å². The van der Waals surface area contributed by atoms with E-state index in [2.05, 4.69) is 23.9 Å². The van der Waals surface area contributed by atoms with Crippen LogP contribution in [0.15, 0.2) is 0 Å². The zero-order valence-corrected chi connectivity index (χ0v) is 13.3. The van der Waals surface area contributed by atoms with Crippen molar-refractivity contribution in [1.29, 1.82) is 0 Å². The van der Waals surface area contributed by atoms with E-state index in [0.717, 1.165) is 32.4 Å². The first-order valence-electron chi connectivity index (χ1n) is 7.13. The second-order valence-electron chi connectivity index (χ2n) is 5.57. The van der Waals surface area contributed by atoms with Crippen molar-refractivity contribution in [3.63, 3.8) is 0 Å². The van der Waals surface area contributed by atoms with Crippen LogP contribution in [0.5, 0.6) is 0 Å². The SMILES string of the molecule is CCOC1CC(NCCCNS(C)(=O)=O)C1(C)CC. The zero-order valence-electron chi connectivity index (χ0n) is 12.5. The van der Waals surface area contributed by atoms with Crippen molar-refractivity contribution in [3.05, 3.63) is 0 Å². The summed E-state index contributed by atoms with van der Waals surface area (Å²) >= 11 is 0. The predicted octanol–water partition coefficient (Wildman–Crippen LogP) is 1.11. The lowest BCUT2D eigenvalue weighted by Gasteiger charge is -2.53. The molecule has 5 nitrogen and oxygen atoms in total. The number of sulfonamides is 1. The molecule has 0 saturated heterocycles. The van der Waals surface area contributed by atoms with Crippen molar-refractivity contribution in [3.8, 4) is 0 Å². The van der Waals surface area contributed by atoms with Crippen LogP contribution in [0.3, 0.4) is 0 Å². The standard InChI is InChI=1S/C13H28N2O3S/c1-5-13(3)11(10-12(13)18-6-2)14-8-7-9-15-19(4,16)17/h11-12,14-15H,5-10H2,1-4H3. The summed E-state index contributed by atoms with van der Waals surface area (Å²) in [6.07, 6.45) is 4.50. The maximum Gasteiger partial charge on any atom is 0.208 e. The Hall–Kier alpha value is -0.170. The minimum absolute atomic E-state index is 0.209. The van der Waals surface area contributed by atoms with Crippen LogP contribution in [0.4, 0.5) is 0 Å². The molecule has 1 aliphatic rings. The van der Waals surface area contributed by atoms with Crippen LogP contribution in [0.25, 0.3) is 0 Å². The van der Waals surface area contributed by atoms with E-state index in [1.54, 1.807) is 0 Å². The van der Waals surface area contributed by atoms with E-state index >= 15 is 0 Å². The maximum atomic E-state index is 10.9. The Morgan fingerprint density at radius 1 is 1.32 bits per heavy atom. The Bertz CT molecular complexity index is 372. The highest BCUT2D eigenvalue weighted by molar-refractivity contribution is 7.88. The first-order chi connectivity index (χ1) is 8.83. The van der Waals surface area contributed by atoms with E-state index in [1.807, 2.05) is 6.92 Å². The number of rotatable bonds is 9. The van der Waals surface area contributed by atoms with Crippen molar-refractivity contribution >= 4 is 10.0 Å². The smallest absolute Gasteiger partial charge is 0.208 e. The molecule has 0 aromatic heterocycles. The lowest BCUT2D eigenvalue weighted by molar-refractivity contribution is -0.125. The van der Waals surface area contributed by atoms with E-state index < -0.39 is 10.0 Å². The minimum atomic E-state index is -3.06. The molecule has 6 heteroatoms. The van der Waals surface area contributed by atoms with Crippen LogP contribution < -0.4 is 10.0 Å². The van der Waals surface area contributed by atoms with Gasteiger partial charge in [-0.05, 0) is 32.7 Å². The molecule has 1 fully saturated rings. The highest BCUT2D eigenvalue weighted by Crippen LogP contribution is 2.45. The average Bonchev–Trinajstić information content (AvgIpc) is 2.33. The van der Waals surface area contributed by atoms with E-state index in [4.69, 9.17) is 4.74 Å². The summed E-state index contributed by atoms with van der Waals surface area (Å²) in [6, 6.07) is 0.479. The number of hydrogen-bond donors (Lipinski definition) is 2. The molecule has 0 aliphatic heterocycles. The van der Waals surface area contributed by atoms with Crippen molar-refractivity contribution < 1.29 is 13.2 Å². The number of hydrogen-bond acceptors (Lipinski definition) is 4. The predicted molar refractivity (Wildman–Crippen MR) is 77.7 cm³/mol. The van der Waals surface area contributed by atoms with Gasteiger partial charge in [0.15, 0.2) is 0 Å². The Balaban J connectivity index is 2.24. The summed E-state index contributed by atoms with van der Waals surface area (Å²) in [5.41, 5.74) is 0.209. The van der Waals surface area contributed by atoms with Gasteiger partial charge < -0.3 is 10.1 Å². The van der Waals surface area contributed by atoms with E-state index in [-0.39, 0.29) is 5.41 Å². The van der Waals surface area contributed by atoms with Crippen LogP contribution in [-0.2, 0) is 14.8 Å². The molecule has 0 amide bonds. The third-order valence-electron chi connectivity index (χ3n) is 4.22. The van der Waals surface area contributed by atoms with Gasteiger partial charge in [-0.1, -0.05) is 13.8 Å². The highest BCUT2D eigenvalue weighted by Gasteiger charge is 2.50. The molecule has 3 unspecified atom stereocenters. The fraction of sp³-hybridized carbons (Fsp3) is 1.00. The Morgan fingerprint density at radius 2 is 2.00 bits per heavy atom. The Morgan fingerprint density at radius 3 is 2.53 bits per heavy atom. The molecule has 1 aliphatic carbocycles. The normalized spacial score (nSPS) is 31.2. The van der Waals surface area contributed by atoms with Crippen LogP contribution in [0.1, 0.15) is 40.0 Å². The molecule has 1 rings (SSSR count). The molecule has 0 radical (unpaired) electrons. The van der Waals surface area contributed by atoms with Gasteiger partial charge in [0.25, 0.3) is 0 Å². The lowest BCUT2D eigenvalue weighted by Crippen LogP contribution is -2.62. The molecular weight excluding hydrogens is 264 g/mol. The van der Waals surface area contributed by atoms with E-state index in [9.17, 15) is 8.42 Å². The second kappa shape index (κ2) is 7.02. The Labute approximate surface area is 117 Å². The van der Waals surface area contributed by atoms with Gasteiger partial charge in [-0.15, -0.1) is 0 Å². The largest absolute Gasteiger partial charge is 0.378 e. The van der Waals surface area contributed by atoms with Gasteiger partial charge in [-0.25, -0.2) is 13.1 Å². The van der Waals surface area contributed by atoms with Gasteiger partial charge >= 0.3 is 0 Å². The van der Waals surface area contributed by atoms with E-state index in [1.165, 1.54) is 6.26 Å². The topological polar surface area (TPSA) is 67.4 Å². The van der Waals surface area contributed by atoms with Crippen LogP contribution in [0.2, 0.25) is 0 Å². The van der Waals surface area contributed by atoms with Gasteiger partial charge in [-0.3, -0.25) is 0 Å². The monoisotopic (exact) mass is 292 g/mol. The first kappa shape index (κ1) is 16.9.